The van der Waals surface area contributed by atoms with E-state index >= 15 is 0 Å². The molecular weight excluding hydrogens is 236 g/mol. The summed E-state index contributed by atoms with van der Waals surface area (Å²) in [7, 11) is 0. The Hall–Kier alpha value is -0.280. The monoisotopic (exact) mass is 260 g/mol. The average Bonchev–Trinajstić information content (AvgIpc) is 2.39. The van der Waals surface area contributed by atoms with Gasteiger partial charge in [0.15, 0.2) is 0 Å². The average molecular weight is 261 g/mol. The Morgan fingerprint density at radius 1 is 1.29 bits per heavy atom. The molecule has 2 heterocycles. The molecule has 2 fully saturated rings. The molecule has 0 aromatic carbocycles. The van der Waals surface area contributed by atoms with Gasteiger partial charge in [-0.2, -0.15) is 0 Å². The smallest absolute Gasteiger partial charge is 0.239 e. The molecule has 0 bridgehead atoms. The first-order valence-electron chi connectivity index (χ1n) is 6.83. The largest absolute Gasteiger partial charge is 0.341 e. The van der Waals surface area contributed by atoms with E-state index in [1.165, 1.54) is 32.1 Å². The highest BCUT2D eigenvalue weighted by molar-refractivity contribution is 5.85. The molecule has 0 radical (unpaired) electrons. The van der Waals surface area contributed by atoms with Gasteiger partial charge in [-0.3, -0.25) is 4.79 Å². The highest BCUT2D eigenvalue weighted by atomic mass is 35.5. The highest BCUT2D eigenvalue weighted by Crippen LogP contribution is 2.21. The van der Waals surface area contributed by atoms with Crippen LogP contribution in [0.25, 0.3) is 0 Å². The number of rotatable bonds is 2. The van der Waals surface area contributed by atoms with Crippen molar-refractivity contribution in [2.24, 2.45) is 5.92 Å². The fourth-order valence-electron chi connectivity index (χ4n) is 2.88. The van der Waals surface area contributed by atoms with Crippen molar-refractivity contribution in [2.75, 3.05) is 19.6 Å². The molecule has 2 aliphatic heterocycles. The van der Waals surface area contributed by atoms with Crippen molar-refractivity contribution >= 4 is 18.3 Å². The molecule has 0 aliphatic carbocycles. The molecule has 0 spiro atoms. The topological polar surface area (TPSA) is 32.3 Å². The predicted octanol–water partition coefficient (Wildman–Crippen LogP) is 2.20. The summed E-state index contributed by atoms with van der Waals surface area (Å²) in [5.74, 6) is 1.10. The Kier molecular flexibility index (Phi) is 6.28. The molecule has 2 aliphatic rings. The Balaban J connectivity index is 0.00000144. The van der Waals surface area contributed by atoms with Crippen LogP contribution in [0.3, 0.4) is 0 Å². The van der Waals surface area contributed by atoms with E-state index in [-0.39, 0.29) is 18.4 Å². The van der Waals surface area contributed by atoms with Crippen molar-refractivity contribution < 1.29 is 4.79 Å². The van der Waals surface area contributed by atoms with E-state index in [0.717, 1.165) is 32.0 Å². The third-order valence-electron chi connectivity index (χ3n) is 4.02. The minimum atomic E-state index is 0. The predicted molar refractivity (Wildman–Crippen MR) is 72.5 cm³/mol. The standard InChI is InChI=1S/C13H24N2O.ClH/c1-2-11-6-5-9-15(10-11)13(16)12-7-3-4-8-14-12;/h11-12,14H,2-10H2,1H3;1H/t11?,12-;/m0./s1. The van der Waals surface area contributed by atoms with Crippen molar-refractivity contribution in [2.45, 2.75) is 51.5 Å². The molecule has 1 N–H and O–H groups in total. The van der Waals surface area contributed by atoms with E-state index in [1.807, 2.05) is 0 Å². The summed E-state index contributed by atoms with van der Waals surface area (Å²) in [5.41, 5.74) is 0. The summed E-state index contributed by atoms with van der Waals surface area (Å²) in [6, 6.07) is 0.115. The van der Waals surface area contributed by atoms with Gasteiger partial charge in [-0.1, -0.05) is 19.8 Å². The fraction of sp³-hybridized carbons (Fsp3) is 0.923. The van der Waals surface area contributed by atoms with Gasteiger partial charge in [-0.25, -0.2) is 0 Å². The van der Waals surface area contributed by atoms with Gasteiger partial charge in [0.1, 0.15) is 0 Å². The first-order chi connectivity index (χ1) is 7.81. The van der Waals surface area contributed by atoms with Gasteiger partial charge in [-0.15, -0.1) is 12.4 Å². The van der Waals surface area contributed by atoms with Gasteiger partial charge < -0.3 is 10.2 Å². The first kappa shape index (κ1) is 14.8. The Labute approximate surface area is 111 Å². The maximum atomic E-state index is 12.3. The number of carbonyl (C=O) groups excluding carboxylic acids is 1. The second kappa shape index (κ2) is 7.22. The van der Waals surface area contributed by atoms with Crippen LogP contribution in [0.2, 0.25) is 0 Å². The molecular formula is C13H25ClN2O. The van der Waals surface area contributed by atoms with Crippen LogP contribution < -0.4 is 5.32 Å². The lowest BCUT2D eigenvalue weighted by atomic mass is 9.94. The molecule has 0 saturated carbocycles. The van der Waals surface area contributed by atoms with Crippen LogP contribution in [-0.4, -0.2) is 36.5 Å². The van der Waals surface area contributed by atoms with Crippen LogP contribution in [0.1, 0.15) is 45.4 Å². The third-order valence-corrected chi connectivity index (χ3v) is 4.02. The maximum absolute atomic E-state index is 12.3. The van der Waals surface area contributed by atoms with Crippen LogP contribution in [0.15, 0.2) is 0 Å². The number of hydrogen-bond donors (Lipinski definition) is 1. The number of halogens is 1. The quantitative estimate of drug-likeness (QED) is 0.826. The number of amides is 1. The summed E-state index contributed by atoms with van der Waals surface area (Å²) in [6.45, 7) is 5.22. The molecule has 4 heteroatoms. The second-order valence-electron chi connectivity index (χ2n) is 5.20. The van der Waals surface area contributed by atoms with Crippen molar-refractivity contribution in [3.8, 4) is 0 Å². The molecule has 2 saturated heterocycles. The number of likely N-dealkylation sites (tertiary alicyclic amines) is 1. The zero-order valence-corrected chi connectivity index (χ0v) is 11.6. The zero-order valence-electron chi connectivity index (χ0n) is 10.8. The lowest BCUT2D eigenvalue weighted by Gasteiger charge is -2.35. The van der Waals surface area contributed by atoms with Crippen molar-refractivity contribution in [1.82, 2.24) is 10.2 Å². The van der Waals surface area contributed by atoms with Crippen LogP contribution in [0.4, 0.5) is 0 Å². The van der Waals surface area contributed by atoms with Gasteiger partial charge in [0.25, 0.3) is 0 Å². The normalized spacial score (nSPS) is 29.6. The van der Waals surface area contributed by atoms with Gasteiger partial charge in [0.05, 0.1) is 6.04 Å². The SMILES string of the molecule is CCC1CCCN(C(=O)[C@@H]2CCCCN2)C1.Cl. The van der Waals surface area contributed by atoms with E-state index in [0.29, 0.717) is 5.91 Å². The third kappa shape index (κ3) is 3.85. The minimum absolute atomic E-state index is 0. The Bertz CT molecular complexity index is 242. The molecule has 1 amide bonds. The summed E-state index contributed by atoms with van der Waals surface area (Å²) in [5, 5.41) is 3.36. The van der Waals surface area contributed by atoms with E-state index in [9.17, 15) is 4.79 Å². The van der Waals surface area contributed by atoms with E-state index in [4.69, 9.17) is 0 Å². The van der Waals surface area contributed by atoms with Crippen LogP contribution >= 0.6 is 12.4 Å². The summed E-state index contributed by atoms with van der Waals surface area (Å²) in [6.07, 6.45) is 7.17. The maximum Gasteiger partial charge on any atom is 0.239 e. The molecule has 17 heavy (non-hydrogen) atoms. The molecule has 0 aromatic heterocycles. The fourth-order valence-corrected chi connectivity index (χ4v) is 2.88. The number of hydrogen-bond acceptors (Lipinski definition) is 2. The molecule has 100 valence electrons. The molecule has 1 unspecified atom stereocenters. The van der Waals surface area contributed by atoms with E-state index in [2.05, 4.69) is 17.1 Å². The second-order valence-corrected chi connectivity index (χ2v) is 5.20. The zero-order chi connectivity index (χ0) is 11.4. The summed E-state index contributed by atoms with van der Waals surface area (Å²) in [4.78, 5) is 14.4. The van der Waals surface area contributed by atoms with E-state index in [1.54, 1.807) is 0 Å². The van der Waals surface area contributed by atoms with Gasteiger partial charge in [0, 0.05) is 13.1 Å². The van der Waals surface area contributed by atoms with Gasteiger partial charge >= 0.3 is 0 Å². The number of carbonyl (C=O) groups is 1. The van der Waals surface area contributed by atoms with Crippen LogP contribution in [0.5, 0.6) is 0 Å². The molecule has 2 rings (SSSR count). The number of piperidine rings is 2. The highest BCUT2D eigenvalue weighted by Gasteiger charge is 2.28. The lowest BCUT2D eigenvalue weighted by molar-refractivity contribution is -0.135. The number of nitrogens with zero attached hydrogens (tertiary/aromatic N) is 1. The lowest BCUT2D eigenvalue weighted by Crippen LogP contribution is -2.51. The van der Waals surface area contributed by atoms with Crippen molar-refractivity contribution in [3.63, 3.8) is 0 Å². The molecule has 0 aromatic rings. The van der Waals surface area contributed by atoms with Crippen LogP contribution in [-0.2, 0) is 4.79 Å². The summed E-state index contributed by atoms with van der Waals surface area (Å²) < 4.78 is 0. The molecule has 2 atom stereocenters. The van der Waals surface area contributed by atoms with Crippen molar-refractivity contribution in [1.29, 1.82) is 0 Å². The van der Waals surface area contributed by atoms with Gasteiger partial charge in [0.2, 0.25) is 5.91 Å². The minimum Gasteiger partial charge on any atom is -0.341 e. The Morgan fingerprint density at radius 2 is 2.12 bits per heavy atom. The number of nitrogens with one attached hydrogen (secondary N) is 1. The van der Waals surface area contributed by atoms with Crippen LogP contribution in [0, 0.1) is 5.92 Å². The summed E-state index contributed by atoms with van der Waals surface area (Å²) >= 11 is 0. The first-order valence-corrected chi connectivity index (χ1v) is 6.83. The Morgan fingerprint density at radius 3 is 2.76 bits per heavy atom. The van der Waals surface area contributed by atoms with Crippen molar-refractivity contribution in [3.05, 3.63) is 0 Å². The van der Waals surface area contributed by atoms with Gasteiger partial charge in [-0.05, 0) is 38.1 Å². The van der Waals surface area contributed by atoms with E-state index < -0.39 is 0 Å². The molecule has 3 nitrogen and oxygen atoms in total.